The van der Waals surface area contributed by atoms with Gasteiger partial charge < -0.3 is 10.2 Å². The number of amides is 2. The van der Waals surface area contributed by atoms with Gasteiger partial charge in [0.2, 0.25) is 5.91 Å². The van der Waals surface area contributed by atoms with Crippen LogP contribution in [-0.4, -0.2) is 30.7 Å². The summed E-state index contributed by atoms with van der Waals surface area (Å²) in [6, 6.07) is 11.9. The van der Waals surface area contributed by atoms with Gasteiger partial charge in [0.1, 0.15) is 5.82 Å². The van der Waals surface area contributed by atoms with E-state index in [-0.39, 0.29) is 18.2 Å². The van der Waals surface area contributed by atoms with Gasteiger partial charge in [-0.25, -0.2) is 4.39 Å². The predicted octanol–water partition coefficient (Wildman–Crippen LogP) is 2.57. The zero-order valence-electron chi connectivity index (χ0n) is 13.5. The highest BCUT2D eigenvalue weighted by atomic mass is 19.1. The first-order valence-corrected chi connectivity index (χ1v) is 8.02. The summed E-state index contributed by atoms with van der Waals surface area (Å²) in [6.45, 7) is 0.463. The lowest BCUT2D eigenvalue weighted by Gasteiger charge is -2.16. The van der Waals surface area contributed by atoms with Crippen LogP contribution in [0.2, 0.25) is 0 Å². The summed E-state index contributed by atoms with van der Waals surface area (Å²) in [5.74, 6) is -1.08. The standard InChI is InChI=1S/C19H17FN2O3/c20-15-8-6-13(7-9-15)17(23)12-21-19(25)14-3-1-4-16(11-14)22-10-2-5-18(22)24/h1,3-4,6-9,11H,2,5,10,12H2,(H,21,25). The maximum atomic E-state index is 12.9. The van der Waals surface area contributed by atoms with Crippen LogP contribution in [0.1, 0.15) is 33.6 Å². The third kappa shape index (κ3) is 3.91. The second-order valence-corrected chi connectivity index (χ2v) is 5.81. The Balaban J connectivity index is 1.64. The number of hydrogen-bond donors (Lipinski definition) is 1. The van der Waals surface area contributed by atoms with Crippen LogP contribution in [-0.2, 0) is 4.79 Å². The number of ketones is 1. The first-order chi connectivity index (χ1) is 12.0. The fraction of sp³-hybridized carbons (Fsp3) is 0.211. The van der Waals surface area contributed by atoms with Crippen molar-refractivity contribution in [3.8, 4) is 0 Å². The predicted molar refractivity (Wildman–Crippen MR) is 91.1 cm³/mol. The number of hydrogen-bond acceptors (Lipinski definition) is 3. The van der Waals surface area contributed by atoms with Crippen molar-refractivity contribution in [3.05, 3.63) is 65.5 Å². The van der Waals surface area contributed by atoms with Gasteiger partial charge in [-0.1, -0.05) is 6.07 Å². The molecule has 2 amide bonds. The number of Topliss-reactive ketones (excluding diaryl/α,β-unsaturated/α-hetero) is 1. The van der Waals surface area contributed by atoms with E-state index >= 15 is 0 Å². The van der Waals surface area contributed by atoms with E-state index in [1.54, 1.807) is 29.2 Å². The molecule has 0 bridgehead atoms. The number of halogens is 1. The molecule has 3 rings (SSSR count). The molecule has 5 nitrogen and oxygen atoms in total. The molecule has 0 aromatic heterocycles. The van der Waals surface area contributed by atoms with E-state index in [4.69, 9.17) is 0 Å². The fourth-order valence-corrected chi connectivity index (χ4v) is 2.74. The van der Waals surface area contributed by atoms with E-state index in [2.05, 4.69) is 5.32 Å². The van der Waals surface area contributed by atoms with Crippen LogP contribution in [0.15, 0.2) is 48.5 Å². The molecule has 0 spiro atoms. The highest BCUT2D eigenvalue weighted by Crippen LogP contribution is 2.22. The minimum atomic E-state index is -0.422. The number of benzene rings is 2. The van der Waals surface area contributed by atoms with E-state index in [1.807, 2.05) is 0 Å². The monoisotopic (exact) mass is 340 g/mol. The summed E-state index contributed by atoms with van der Waals surface area (Å²) < 4.78 is 12.9. The van der Waals surface area contributed by atoms with Gasteiger partial charge >= 0.3 is 0 Å². The molecule has 1 N–H and O–H groups in total. The Morgan fingerprint density at radius 3 is 2.52 bits per heavy atom. The van der Waals surface area contributed by atoms with E-state index in [0.29, 0.717) is 29.8 Å². The highest BCUT2D eigenvalue weighted by Gasteiger charge is 2.22. The minimum absolute atomic E-state index is 0.0454. The van der Waals surface area contributed by atoms with Crippen molar-refractivity contribution in [1.29, 1.82) is 0 Å². The summed E-state index contributed by atoms with van der Waals surface area (Å²) in [6.07, 6.45) is 1.32. The maximum Gasteiger partial charge on any atom is 0.251 e. The van der Waals surface area contributed by atoms with Crippen LogP contribution >= 0.6 is 0 Å². The normalized spacial score (nSPS) is 13.8. The third-order valence-electron chi connectivity index (χ3n) is 4.07. The molecule has 2 aromatic rings. The van der Waals surface area contributed by atoms with Crippen LogP contribution in [0, 0.1) is 5.82 Å². The molecule has 25 heavy (non-hydrogen) atoms. The van der Waals surface area contributed by atoms with Gasteiger partial charge in [0.05, 0.1) is 6.54 Å². The minimum Gasteiger partial charge on any atom is -0.345 e. The average molecular weight is 340 g/mol. The Bertz CT molecular complexity index is 818. The molecule has 0 aliphatic carbocycles. The van der Waals surface area contributed by atoms with Crippen molar-refractivity contribution in [1.82, 2.24) is 5.32 Å². The molecule has 1 heterocycles. The second kappa shape index (κ2) is 7.25. The van der Waals surface area contributed by atoms with Gasteiger partial charge in [-0.3, -0.25) is 14.4 Å². The second-order valence-electron chi connectivity index (χ2n) is 5.81. The van der Waals surface area contributed by atoms with Gasteiger partial charge in [0.25, 0.3) is 5.91 Å². The molecular formula is C19H17FN2O3. The van der Waals surface area contributed by atoms with Crippen LogP contribution < -0.4 is 10.2 Å². The van der Waals surface area contributed by atoms with E-state index in [1.165, 1.54) is 24.3 Å². The highest BCUT2D eigenvalue weighted by molar-refractivity contribution is 6.03. The Kier molecular flexibility index (Phi) is 4.88. The van der Waals surface area contributed by atoms with Crippen molar-refractivity contribution < 1.29 is 18.8 Å². The Hall–Kier alpha value is -3.02. The van der Waals surface area contributed by atoms with Crippen molar-refractivity contribution in [2.75, 3.05) is 18.0 Å². The lowest BCUT2D eigenvalue weighted by atomic mass is 10.1. The Labute approximate surface area is 144 Å². The SMILES string of the molecule is O=C(CNC(=O)c1cccc(N2CCCC2=O)c1)c1ccc(F)cc1. The van der Waals surface area contributed by atoms with Gasteiger partial charge in [-0.2, -0.15) is 0 Å². The Morgan fingerprint density at radius 2 is 1.84 bits per heavy atom. The largest absolute Gasteiger partial charge is 0.345 e. The van der Waals surface area contributed by atoms with Gasteiger partial charge in [0, 0.05) is 29.8 Å². The summed E-state index contributed by atoms with van der Waals surface area (Å²) >= 11 is 0. The molecule has 1 aliphatic heterocycles. The van der Waals surface area contributed by atoms with E-state index in [0.717, 1.165) is 6.42 Å². The van der Waals surface area contributed by atoms with E-state index in [9.17, 15) is 18.8 Å². The lowest BCUT2D eigenvalue weighted by molar-refractivity contribution is -0.117. The molecule has 128 valence electrons. The third-order valence-corrected chi connectivity index (χ3v) is 4.07. The molecule has 2 aromatic carbocycles. The quantitative estimate of drug-likeness (QED) is 0.851. The molecular weight excluding hydrogens is 323 g/mol. The zero-order chi connectivity index (χ0) is 17.8. The summed E-state index contributed by atoms with van der Waals surface area (Å²) in [4.78, 5) is 37.7. The van der Waals surface area contributed by atoms with Crippen LogP contribution in [0.25, 0.3) is 0 Å². The van der Waals surface area contributed by atoms with Crippen molar-refractivity contribution >= 4 is 23.3 Å². The number of carbonyl (C=O) groups is 3. The van der Waals surface area contributed by atoms with Crippen molar-refractivity contribution in [2.45, 2.75) is 12.8 Å². The molecule has 1 aliphatic rings. The number of rotatable bonds is 5. The molecule has 0 unspecified atom stereocenters. The van der Waals surface area contributed by atoms with Crippen molar-refractivity contribution in [3.63, 3.8) is 0 Å². The molecule has 0 atom stereocenters. The number of anilines is 1. The summed E-state index contributed by atoms with van der Waals surface area (Å²) in [7, 11) is 0. The fourth-order valence-electron chi connectivity index (χ4n) is 2.74. The first kappa shape index (κ1) is 16.8. The summed E-state index contributed by atoms with van der Waals surface area (Å²) in [5.41, 5.74) is 1.39. The van der Waals surface area contributed by atoms with Crippen LogP contribution in [0.3, 0.4) is 0 Å². The molecule has 1 fully saturated rings. The van der Waals surface area contributed by atoms with Gasteiger partial charge in [-0.15, -0.1) is 0 Å². The average Bonchev–Trinajstić information content (AvgIpc) is 3.06. The van der Waals surface area contributed by atoms with Crippen LogP contribution in [0.4, 0.5) is 10.1 Å². The van der Waals surface area contributed by atoms with Gasteiger partial charge in [-0.05, 0) is 48.9 Å². The lowest BCUT2D eigenvalue weighted by Crippen LogP contribution is -2.30. The maximum absolute atomic E-state index is 12.9. The number of carbonyl (C=O) groups excluding carboxylic acids is 3. The molecule has 0 saturated carbocycles. The number of nitrogens with one attached hydrogen (secondary N) is 1. The molecule has 6 heteroatoms. The smallest absolute Gasteiger partial charge is 0.251 e. The Morgan fingerprint density at radius 1 is 1.08 bits per heavy atom. The van der Waals surface area contributed by atoms with Crippen molar-refractivity contribution in [2.24, 2.45) is 0 Å². The zero-order valence-corrected chi connectivity index (χ0v) is 13.5. The summed E-state index contributed by atoms with van der Waals surface area (Å²) in [5, 5.41) is 2.56. The van der Waals surface area contributed by atoms with Gasteiger partial charge in [0.15, 0.2) is 5.78 Å². The molecule has 1 saturated heterocycles. The molecule has 0 radical (unpaired) electrons. The first-order valence-electron chi connectivity index (χ1n) is 8.02. The van der Waals surface area contributed by atoms with E-state index < -0.39 is 11.7 Å². The number of nitrogens with zero attached hydrogens (tertiary/aromatic N) is 1. The topological polar surface area (TPSA) is 66.5 Å². The van der Waals surface area contributed by atoms with Crippen LogP contribution in [0.5, 0.6) is 0 Å².